The van der Waals surface area contributed by atoms with Crippen LogP contribution < -0.4 is 5.32 Å². The molecule has 0 aromatic rings. The highest BCUT2D eigenvalue weighted by molar-refractivity contribution is 5.78. The van der Waals surface area contributed by atoms with Gasteiger partial charge in [-0.2, -0.15) is 0 Å². The number of hydrogen-bond acceptors (Lipinski definition) is 4. The molecule has 1 aliphatic heterocycles. The van der Waals surface area contributed by atoms with E-state index < -0.39 is 11.5 Å². The number of aliphatic carboxylic acids is 1. The van der Waals surface area contributed by atoms with E-state index in [1.165, 1.54) is 0 Å². The number of likely N-dealkylation sites (N-methyl/N-ethyl adjacent to an activating group) is 1. The molecule has 3 unspecified atom stereocenters. The third kappa shape index (κ3) is 4.44. The molecule has 0 amide bonds. The van der Waals surface area contributed by atoms with Gasteiger partial charge in [0, 0.05) is 19.1 Å². The maximum Gasteiger partial charge on any atom is 0.323 e. The molecule has 5 heteroatoms. The van der Waals surface area contributed by atoms with Crippen LogP contribution in [0.2, 0.25) is 0 Å². The van der Waals surface area contributed by atoms with Crippen molar-refractivity contribution in [1.29, 1.82) is 0 Å². The fourth-order valence-electron chi connectivity index (χ4n) is 2.59. The summed E-state index contributed by atoms with van der Waals surface area (Å²) in [5.74, 6) is -0.774. The van der Waals surface area contributed by atoms with Crippen molar-refractivity contribution < 1.29 is 14.6 Å². The first-order valence-corrected chi connectivity index (χ1v) is 7.27. The Bertz CT molecular complexity index is 298. The molecule has 112 valence electrons. The molecule has 1 aliphatic rings. The summed E-state index contributed by atoms with van der Waals surface area (Å²) >= 11 is 0. The van der Waals surface area contributed by atoms with E-state index >= 15 is 0 Å². The second-order valence-corrected chi connectivity index (χ2v) is 5.62. The number of hydrogen-bond donors (Lipinski definition) is 2. The number of carbonyl (C=O) groups is 1. The summed E-state index contributed by atoms with van der Waals surface area (Å²) in [5, 5.41) is 12.4. The van der Waals surface area contributed by atoms with Gasteiger partial charge in [-0.1, -0.05) is 13.8 Å². The molecule has 1 rings (SSSR count). The predicted octanol–water partition coefficient (Wildman–Crippen LogP) is 1.33. The van der Waals surface area contributed by atoms with Gasteiger partial charge in [-0.3, -0.25) is 9.69 Å². The van der Waals surface area contributed by atoms with E-state index in [1.807, 2.05) is 6.92 Å². The van der Waals surface area contributed by atoms with Gasteiger partial charge < -0.3 is 15.2 Å². The van der Waals surface area contributed by atoms with Gasteiger partial charge in [-0.15, -0.1) is 0 Å². The summed E-state index contributed by atoms with van der Waals surface area (Å²) < 4.78 is 5.66. The predicted molar refractivity (Wildman–Crippen MR) is 75.4 cm³/mol. The van der Waals surface area contributed by atoms with Crippen LogP contribution >= 0.6 is 0 Å². The zero-order valence-corrected chi connectivity index (χ0v) is 12.6. The highest BCUT2D eigenvalue weighted by atomic mass is 16.5. The first kappa shape index (κ1) is 16.4. The van der Waals surface area contributed by atoms with Crippen molar-refractivity contribution in [1.82, 2.24) is 10.2 Å². The molecule has 1 saturated heterocycles. The van der Waals surface area contributed by atoms with Crippen LogP contribution in [-0.4, -0.2) is 59.9 Å². The Morgan fingerprint density at radius 3 is 2.74 bits per heavy atom. The van der Waals surface area contributed by atoms with Crippen molar-refractivity contribution in [2.75, 3.05) is 26.2 Å². The average Bonchev–Trinajstić information content (AvgIpc) is 2.36. The lowest BCUT2D eigenvalue weighted by Gasteiger charge is -2.39. The lowest BCUT2D eigenvalue weighted by molar-refractivity contribution is -0.145. The Hall–Kier alpha value is -0.650. The molecule has 19 heavy (non-hydrogen) atoms. The highest BCUT2D eigenvalue weighted by Crippen LogP contribution is 2.18. The Balaban J connectivity index is 2.58. The van der Waals surface area contributed by atoms with Gasteiger partial charge in [-0.05, 0) is 33.2 Å². The number of carboxylic acid groups (broad SMARTS) is 1. The van der Waals surface area contributed by atoms with Gasteiger partial charge in [0.15, 0.2) is 0 Å². The van der Waals surface area contributed by atoms with Gasteiger partial charge in [0.2, 0.25) is 0 Å². The molecule has 2 N–H and O–H groups in total. The van der Waals surface area contributed by atoms with Crippen molar-refractivity contribution >= 4 is 5.97 Å². The van der Waals surface area contributed by atoms with E-state index in [0.29, 0.717) is 19.0 Å². The van der Waals surface area contributed by atoms with Crippen LogP contribution in [0.1, 0.15) is 40.5 Å². The summed E-state index contributed by atoms with van der Waals surface area (Å²) in [5.41, 5.74) is -0.839. The van der Waals surface area contributed by atoms with E-state index in [2.05, 4.69) is 24.1 Å². The SMILES string of the molecule is CCNC(C)(CCN1CC(C)OCC1CC)C(=O)O. The summed E-state index contributed by atoms with van der Waals surface area (Å²) in [6, 6.07) is 0.413. The van der Waals surface area contributed by atoms with Crippen molar-refractivity contribution in [2.24, 2.45) is 0 Å². The summed E-state index contributed by atoms with van der Waals surface area (Å²) in [6.45, 7) is 11.0. The van der Waals surface area contributed by atoms with Crippen LogP contribution in [-0.2, 0) is 9.53 Å². The lowest BCUT2D eigenvalue weighted by atomic mass is 9.96. The minimum Gasteiger partial charge on any atom is -0.480 e. The fraction of sp³-hybridized carbons (Fsp3) is 0.929. The molecule has 0 aliphatic carbocycles. The fourth-order valence-corrected chi connectivity index (χ4v) is 2.59. The topological polar surface area (TPSA) is 61.8 Å². The maximum absolute atomic E-state index is 11.4. The number of carboxylic acids is 1. The summed E-state index contributed by atoms with van der Waals surface area (Å²) in [7, 11) is 0. The van der Waals surface area contributed by atoms with Crippen molar-refractivity contribution in [2.45, 2.75) is 58.2 Å². The van der Waals surface area contributed by atoms with Crippen LogP contribution in [0.15, 0.2) is 0 Å². The van der Waals surface area contributed by atoms with Gasteiger partial charge in [0.25, 0.3) is 0 Å². The van der Waals surface area contributed by atoms with Crippen molar-refractivity contribution in [3.05, 3.63) is 0 Å². The van der Waals surface area contributed by atoms with Gasteiger partial charge >= 0.3 is 5.97 Å². The van der Waals surface area contributed by atoms with E-state index in [1.54, 1.807) is 6.92 Å². The highest BCUT2D eigenvalue weighted by Gasteiger charge is 2.34. The Morgan fingerprint density at radius 1 is 1.53 bits per heavy atom. The average molecular weight is 272 g/mol. The monoisotopic (exact) mass is 272 g/mol. The molecule has 0 spiro atoms. The summed E-state index contributed by atoms with van der Waals surface area (Å²) in [6.07, 6.45) is 1.88. The van der Waals surface area contributed by atoms with Gasteiger partial charge in [0.05, 0.1) is 12.7 Å². The molecule has 0 aromatic carbocycles. The second kappa shape index (κ2) is 7.22. The molecule has 5 nitrogen and oxygen atoms in total. The Kier molecular flexibility index (Phi) is 6.23. The molecule has 0 bridgehead atoms. The molecule has 0 radical (unpaired) electrons. The van der Waals surface area contributed by atoms with Crippen LogP contribution in [0.3, 0.4) is 0 Å². The number of nitrogens with zero attached hydrogens (tertiary/aromatic N) is 1. The molecular weight excluding hydrogens is 244 g/mol. The van der Waals surface area contributed by atoms with E-state index in [0.717, 1.165) is 26.1 Å². The Morgan fingerprint density at radius 2 is 2.21 bits per heavy atom. The molecule has 0 aromatic heterocycles. The number of nitrogens with one attached hydrogen (secondary N) is 1. The van der Waals surface area contributed by atoms with Crippen LogP contribution in [0.25, 0.3) is 0 Å². The van der Waals surface area contributed by atoms with E-state index in [4.69, 9.17) is 4.74 Å². The summed E-state index contributed by atoms with van der Waals surface area (Å²) in [4.78, 5) is 13.8. The third-order valence-electron chi connectivity index (χ3n) is 3.99. The first-order chi connectivity index (χ1) is 8.92. The van der Waals surface area contributed by atoms with Crippen molar-refractivity contribution in [3.8, 4) is 0 Å². The van der Waals surface area contributed by atoms with E-state index in [9.17, 15) is 9.90 Å². The Labute approximate surface area is 116 Å². The normalized spacial score (nSPS) is 28.0. The quantitative estimate of drug-likeness (QED) is 0.732. The molecular formula is C14H28N2O3. The number of ether oxygens (including phenoxy) is 1. The molecule has 0 saturated carbocycles. The van der Waals surface area contributed by atoms with Crippen LogP contribution in [0.5, 0.6) is 0 Å². The van der Waals surface area contributed by atoms with E-state index in [-0.39, 0.29) is 6.10 Å². The van der Waals surface area contributed by atoms with Gasteiger partial charge in [-0.25, -0.2) is 0 Å². The zero-order valence-electron chi connectivity index (χ0n) is 12.6. The maximum atomic E-state index is 11.4. The molecule has 3 atom stereocenters. The second-order valence-electron chi connectivity index (χ2n) is 5.62. The molecule has 1 fully saturated rings. The van der Waals surface area contributed by atoms with Gasteiger partial charge in [0.1, 0.15) is 5.54 Å². The third-order valence-corrected chi connectivity index (χ3v) is 3.99. The van der Waals surface area contributed by atoms with Crippen LogP contribution in [0, 0.1) is 0 Å². The lowest BCUT2D eigenvalue weighted by Crippen LogP contribution is -2.54. The number of morpholine rings is 1. The first-order valence-electron chi connectivity index (χ1n) is 7.27. The minimum absolute atomic E-state index is 0.234. The van der Waals surface area contributed by atoms with Crippen molar-refractivity contribution in [3.63, 3.8) is 0 Å². The standard InChI is InChI=1S/C14H28N2O3/c1-5-12-10-19-11(3)9-16(12)8-7-14(4,13(17)18)15-6-2/h11-12,15H,5-10H2,1-4H3,(H,17,18). The largest absolute Gasteiger partial charge is 0.480 e. The smallest absolute Gasteiger partial charge is 0.323 e. The van der Waals surface area contributed by atoms with Crippen LogP contribution in [0.4, 0.5) is 0 Å². The molecule has 1 heterocycles. The minimum atomic E-state index is -0.839. The zero-order chi connectivity index (χ0) is 14.5. The number of rotatable bonds is 7.